The van der Waals surface area contributed by atoms with Gasteiger partial charge in [0.1, 0.15) is 0 Å². The average Bonchev–Trinajstić information content (AvgIpc) is 2.21. The topological polar surface area (TPSA) is 54.4 Å². The molecule has 0 heterocycles. The molecule has 96 valence electrons. The Labute approximate surface area is 107 Å². The van der Waals surface area contributed by atoms with Crippen LogP contribution in [0.25, 0.3) is 0 Å². The van der Waals surface area contributed by atoms with Gasteiger partial charge >= 0.3 is 0 Å². The average molecular weight is 277 g/mol. The lowest BCUT2D eigenvalue weighted by Crippen LogP contribution is -2.12. The molecular formula is C12H17ClO3S. The minimum Gasteiger partial charge on any atom is -0.395 e. The van der Waals surface area contributed by atoms with Gasteiger partial charge in [-0.2, -0.15) is 0 Å². The molecule has 0 fully saturated rings. The van der Waals surface area contributed by atoms with Crippen molar-refractivity contribution in [1.82, 2.24) is 0 Å². The predicted octanol–water partition coefficient (Wildman–Crippen LogP) is 2.54. The Morgan fingerprint density at radius 1 is 1.35 bits per heavy atom. The van der Waals surface area contributed by atoms with Crippen molar-refractivity contribution in [2.45, 2.75) is 31.6 Å². The monoisotopic (exact) mass is 276 g/mol. The molecule has 1 rings (SSSR count). The van der Waals surface area contributed by atoms with Gasteiger partial charge in [0, 0.05) is 5.02 Å². The Bertz CT molecular complexity index is 507. The smallest absolute Gasteiger partial charge is 0.180 e. The van der Waals surface area contributed by atoms with E-state index in [4.69, 9.17) is 16.7 Å². The fourth-order valence-corrected chi connectivity index (χ4v) is 3.20. The molecule has 0 spiro atoms. The van der Waals surface area contributed by atoms with Gasteiger partial charge in [0.25, 0.3) is 0 Å². The van der Waals surface area contributed by atoms with E-state index in [9.17, 15) is 8.42 Å². The second-order valence-corrected chi connectivity index (χ2v) is 6.81. The first-order valence-corrected chi connectivity index (χ1v) is 7.46. The van der Waals surface area contributed by atoms with Gasteiger partial charge < -0.3 is 5.11 Å². The van der Waals surface area contributed by atoms with Crippen molar-refractivity contribution in [2.75, 3.05) is 12.4 Å². The van der Waals surface area contributed by atoms with Crippen LogP contribution in [0.5, 0.6) is 0 Å². The van der Waals surface area contributed by atoms with Crippen molar-refractivity contribution >= 4 is 21.4 Å². The van der Waals surface area contributed by atoms with Gasteiger partial charge in [-0.25, -0.2) is 8.42 Å². The van der Waals surface area contributed by atoms with Crippen LogP contribution in [0.1, 0.15) is 30.9 Å². The lowest BCUT2D eigenvalue weighted by Gasteiger charge is -2.13. The Morgan fingerprint density at radius 3 is 2.41 bits per heavy atom. The fraction of sp³-hybridized carbons (Fsp3) is 0.500. The van der Waals surface area contributed by atoms with Gasteiger partial charge in [-0.05, 0) is 36.1 Å². The quantitative estimate of drug-likeness (QED) is 0.919. The summed E-state index contributed by atoms with van der Waals surface area (Å²) in [5.41, 5.74) is 1.43. The molecule has 0 amide bonds. The van der Waals surface area contributed by atoms with Gasteiger partial charge in [-0.3, -0.25) is 0 Å². The Balaban J connectivity index is 3.43. The first-order valence-electron chi connectivity index (χ1n) is 5.43. The number of benzene rings is 1. The van der Waals surface area contributed by atoms with Gasteiger partial charge in [-0.15, -0.1) is 0 Å². The van der Waals surface area contributed by atoms with Crippen molar-refractivity contribution in [2.24, 2.45) is 0 Å². The van der Waals surface area contributed by atoms with E-state index < -0.39 is 9.84 Å². The highest BCUT2D eigenvalue weighted by molar-refractivity contribution is 7.91. The molecule has 0 saturated heterocycles. The highest BCUT2D eigenvalue weighted by Gasteiger charge is 2.19. The van der Waals surface area contributed by atoms with E-state index in [1.54, 1.807) is 19.1 Å². The summed E-state index contributed by atoms with van der Waals surface area (Å²) in [5, 5.41) is 9.24. The maximum atomic E-state index is 12.0. The number of aliphatic hydroxyl groups excluding tert-OH is 1. The molecule has 0 aliphatic rings. The minimum atomic E-state index is -3.45. The van der Waals surface area contributed by atoms with Crippen LogP contribution in [0, 0.1) is 6.92 Å². The Kier molecular flexibility index (Phi) is 4.58. The third-order valence-corrected chi connectivity index (χ3v) is 4.89. The van der Waals surface area contributed by atoms with Crippen LogP contribution >= 0.6 is 11.6 Å². The van der Waals surface area contributed by atoms with Gasteiger partial charge in [-0.1, -0.05) is 25.4 Å². The Morgan fingerprint density at radius 2 is 1.94 bits per heavy atom. The van der Waals surface area contributed by atoms with Crippen LogP contribution < -0.4 is 0 Å². The van der Waals surface area contributed by atoms with Crippen molar-refractivity contribution in [1.29, 1.82) is 0 Å². The molecule has 1 N–H and O–H groups in total. The molecular weight excluding hydrogens is 260 g/mol. The third-order valence-electron chi connectivity index (χ3n) is 2.68. The number of aliphatic hydroxyl groups is 1. The molecule has 0 atom stereocenters. The SMILES string of the molecule is Cc1c(Cl)cc(C(C)C)cc1S(=O)(=O)CCO. The van der Waals surface area contributed by atoms with Crippen LogP contribution in [0.4, 0.5) is 0 Å². The zero-order chi connectivity index (χ0) is 13.2. The zero-order valence-corrected chi connectivity index (χ0v) is 11.8. The van der Waals surface area contributed by atoms with E-state index in [2.05, 4.69) is 0 Å². The van der Waals surface area contributed by atoms with E-state index in [-0.39, 0.29) is 23.2 Å². The van der Waals surface area contributed by atoms with Crippen molar-refractivity contribution in [3.05, 3.63) is 28.3 Å². The molecule has 1 aromatic rings. The summed E-state index contributed by atoms with van der Waals surface area (Å²) < 4.78 is 23.9. The number of sulfone groups is 1. The molecule has 3 nitrogen and oxygen atoms in total. The van der Waals surface area contributed by atoms with Crippen LogP contribution in [0.15, 0.2) is 17.0 Å². The second kappa shape index (κ2) is 5.38. The van der Waals surface area contributed by atoms with E-state index in [1.807, 2.05) is 13.8 Å². The van der Waals surface area contributed by atoms with E-state index in [1.165, 1.54) is 0 Å². The lowest BCUT2D eigenvalue weighted by atomic mass is 10.0. The minimum absolute atomic E-state index is 0.205. The predicted molar refractivity (Wildman–Crippen MR) is 69.4 cm³/mol. The second-order valence-electron chi connectivity index (χ2n) is 4.32. The van der Waals surface area contributed by atoms with Crippen LogP contribution in [-0.2, 0) is 9.84 Å². The van der Waals surface area contributed by atoms with Crippen molar-refractivity contribution < 1.29 is 13.5 Å². The fourth-order valence-electron chi connectivity index (χ4n) is 1.56. The third kappa shape index (κ3) is 3.21. The Hall–Kier alpha value is -0.580. The molecule has 0 radical (unpaired) electrons. The molecule has 0 aliphatic carbocycles. The standard InChI is InChI=1S/C12H17ClO3S/c1-8(2)10-6-11(13)9(3)12(7-10)17(15,16)5-4-14/h6-8,14H,4-5H2,1-3H3. The van der Waals surface area contributed by atoms with E-state index >= 15 is 0 Å². The summed E-state index contributed by atoms with van der Waals surface area (Å²) in [6.07, 6.45) is 0. The molecule has 0 aromatic heterocycles. The van der Waals surface area contributed by atoms with Crippen molar-refractivity contribution in [3.63, 3.8) is 0 Å². The maximum absolute atomic E-state index is 12.0. The lowest BCUT2D eigenvalue weighted by molar-refractivity contribution is 0.319. The summed E-state index contributed by atoms with van der Waals surface area (Å²) in [5.74, 6) is -0.0673. The highest BCUT2D eigenvalue weighted by Crippen LogP contribution is 2.29. The molecule has 1 aromatic carbocycles. The summed E-state index contributed by atoms with van der Waals surface area (Å²) >= 11 is 6.04. The summed E-state index contributed by atoms with van der Waals surface area (Å²) in [4.78, 5) is 0.225. The molecule has 0 unspecified atom stereocenters. The number of hydrogen-bond donors (Lipinski definition) is 1. The molecule has 0 bridgehead atoms. The van der Waals surface area contributed by atoms with Crippen LogP contribution in [0.2, 0.25) is 5.02 Å². The first-order chi connectivity index (χ1) is 7.79. The van der Waals surface area contributed by atoms with Crippen LogP contribution in [-0.4, -0.2) is 25.9 Å². The van der Waals surface area contributed by atoms with E-state index in [0.29, 0.717) is 10.6 Å². The molecule has 0 saturated carbocycles. The summed E-state index contributed by atoms with van der Waals surface area (Å²) in [7, 11) is -3.45. The number of halogens is 1. The van der Waals surface area contributed by atoms with Crippen molar-refractivity contribution in [3.8, 4) is 0 Å². The molecule has 0 aliphatic heterocycles. The van der Waals surface area contributed by atoms with Crippen LogP contribution in [0.3, 0.4) is 0 Å². The van der Waals surface area contributed by atoms with Gasteiger partial charge in [0.05, 0.1) is 17.3 Å². The zero-order valence-electron chi connectivity index (χ0n) is 10.2. The number of rotatable bonds is 4. The number of hydrogen-bond acceptors (Lipinski definition) is 3. The molecule has 17 heavy (non-hydrogen) atoms. The molecule has 5 heteroatoms. The highest BCUT2D eigenvalue weighted by atomic mass is 35.5. The largest absolute Gasteiger partial charge is 0.395 e. The summed E-state index contributed by atoms with van der Waals surface area (Å²) in [6.45, 7) is 5.24. The maximum Gasteiger partial charge on any atom is 0.180 e. The summed E-state index contributed by atoms with van der Waals surface area (Å²) in [6, 6.07) is 3.44. The van der Waals surface area contributed by atoms with Gasteiger partial charge in [0.2, 0.25) is 0 Å². The first kappa shape index (κ1) is 14.5. The normalized spacial score (nSPS) is 12.1. The van der Waals surface area contributed by atoms with E-state index in [0.717, 1.165) is 5.56 Å². The van der Waals surface area contributed by atoms with Gasteiger partial charge in [0.15, 0.2) is 9.84 Å².